The van der Waals surface area contributed by atoms with Crippen LogP contribution in [0.15, 0.2) is 29.8 Å². The molecule has 0 aliphatic rings. The lowest BCUT2D eigenvalue weighted by Gasteiger charge is -2.00. The topological polar surface area (TPSA) is 50.4 Å². The van der Waals surface area contributed by atoms with Crippen LogP contribution >= 0.6 is 24.0 Å². The van der Waals surface area contributed by atoms with Gasteiger partial charge in [0.15, 0.2) is 5.96 Å². The molecule has 0 bridgehead atoms. The third-order valence-electron chi connectivity index (χ3n) is 0.947. The first-order valence-corrected chi connectivity index (χ1v) is 3.46. The van der Waals surface area contributed by atoms with E-state index in [2.05, 4.69) is 23.5 Å². The van der Waals surface area contributed by atoms with Crippen molar-refractivity contribution in [2.75, 3.05) is 13.1 Å². The maximum atomic E-state index is 5.46. The SMILES string of the molecule is C=CCNC(N)=NCC(=C)C.I. The van der Waals surface area contributed by atoms with Crippen molar-refractivity contribution in [3.05, 3.63) is 24.8 Å². The molecular weight excluding hydrogens is 265 g/mol. The summed E-state index contributed by atoms with van der Waals surface area (Å²) < 4.78 is 0. The maximum absolute atomic E-state index is 5.46. The van der Waals surface area contributed by atoms with Gasteiger partial charge in [-0.25, -0.2) is 4.99 Å². The number of aliphatic imine (C=N–C) groups is 1. The third kappa shape index (κ3) is 9.48. The van der Waals surface area contributed by atoms with Gasteiger partial charge < -0.3 is 11.1 Å². The van der Waals surface area contributed by atoms with E-state index < -0.39 is 0 Å². The van der Waals surface area contributed by atoms with Crippen LogP contribution in [0.3, 0.4) is 0 Å². The molecule has 0 aliphatic carbocycles. The van der Waals surface area contributed by atoms with Gasteiger partial charge in [0.05, 0.1) is 6.54 Å². The average Bonchev–Trinajstić information content (AvgIpc) is 1.97. The quantitative estimate of drug-likeness (QED) is 0.353. The van der Waals surface area contributed by atoms with Crippen LogP contribution in [0, 0.1) is 0 Å². The molecule has 0 amide bonds. The molecule has 0 aromatic rings. The van der Waals surface area contributed by atoms with E-state index in [1.165, 1.54) is 0 Å². The molecule has 12 heavy (non-hydrogen) atoms. The highest BCUT2D eigenvalue weighted by atomic mass is 127. The monoisotopic (exact) mass is 281 g/mol. The highest BCUT2D eigenvalue weighted by Crippen LogP contribution is 1.85. The van der Waals surface area contributed by atoms with Gasteiger partial charge in [-0.1, -0.05) is 18.2 Å². The van der Waals surface area contributed by atoms with E-state index in [0.29, 0.717) is 19.0 Å². The molecular formula is C8H16IN3. The van der Waals surface area contributed by atoms with Gasteiger partial charge in [0.1, 0.15) is 0 Å². The van der Waals surface area contributed by atoms with Gasteiger partial charge in [-0.05, 0) is 6.92 Å². The minimum Gasteiger partial charge on any atom is -0.370 e. The maximum Gasteiger partial charge on any atom is 0.189 e. The summed E-state index contributed by atoms with van der Waals surface area (Å²) >= 11 is 0. The Morgan fingerprint density at radius 1 is 1.67 bits per heavy atom. The van der Waals surface area contributed by atoms with Crippen LogP contribution in [-0.2, 0) is 0 Å². The first kappa shape index (κ1) is 14.0. The number of nitrogens with two attached hydrogens (primary N) is 1. The van der Waals surface area contributed by atoms with Crippen molar-refractivity contribution in [2.45, 2.75) is 6.92 Å². The number of halogens is 1. The van der Waals surface area contributed by atoms with Gasteiger partial charge in [-0.3, -0.25) is 0 Å². The molecule has 0 aromatic heterocycles. The number of hydrogen-bond acceptors (Lipinski definition) is 1. The Kier molecular flexibility index (Phi) is 10.0. The van der Waals surface area contributed by atoms with E-state index in [0.717, 1.165) is 5.57 Å². The minimum atomic E-state index is 0. The lowest BCUT2D eigenvalue weighted by molar-refractivity contribution is 0.995. The van der Waals surface area contributed by atoms with E-state index >= 15 is 0 Å². The van der Waals surface area contributed by atoms with E-state index in [1.807, 2.05) is 6.92 Å². The molecule has 0 rings (SSSR count). The first-order valence-electron chi connectivity index (χ1n) is 3.46. The fourth-order valence-corrected chi connectivity index (χ4v) is 0.453. The Hall–Kier alpha value is -0.520. The molecule has 0 aromatic carbocycles. The minimum absolute atomic E-state index is 0. The summed E-state index contributed by atoms with van der Waals surface area (Å²) in [7, 11) is 0. The Bertz CT molecular complexity index is 175. The van der Waals surface area contributed by atoms with Gasteiger partial charge in [-0.15, -0.1) is 30.6 Å². The summed E-state index contributed by atoms with van der Waals surface area (Å²) in [6, 6.07) is 0. The number of hydrogen-bond donors (Lipinski definition) is 2. The van der Waals surface area contributed by atoms with Gasteiger partial charge in [0.2, 0.25) is 0 Å². The molecule has 3 N–H and O–H groups in total. The largest absolute Gasteiger partial charge is 0.370 e. The van der Waals surface area contributed by atoms with Crippen molar-refractivity contribution < 1.29 is 0 Å². The fourth-order valence-electron chi connectivity index (χ4n) is 0.453. The van der Waals surface area contributed by atoms with Gasteiger partial charge >= 0.3 is 0 Å². The van der Waals surface area contributed by atoms with Crippen molar-refractivity contribution in [3.63, 3.8) is 0 Å². The summed E-state index contributed by atoms with van der Waals surface area (Å²) in [5, 5.41) is 2.86. The van der Waals surface area contributed by atoms with Crippen molar-refractivity contribution in [1.29, 1.82) is 0 Å². The van der Waals surface area contributed by atoms with Crippen LogP contribution in [0.4, 0.5) is 0 Å². The number of nitrogens with one attached hydrogen (secondary N) is 1. The molecule has 0 saturated carbocycles. The summed E-state index contributed by atoms with van der Waals surface area (Å²) in [5.41, 5.74) is 6.45. The average molecular weight is 281 g/mol. The summed E-state index contributed by atoms with van der Waals surface area (Å²) in [4.78, 5) is 4.00. The van der Waals surface area contributed by atoms with E-state index in [-0.39, 0.29) is 24.0 Å². The molecule has 0 aliphatic heterocycles. The second-order valence-electron chi connectivity index (χ2n) is 2.33. The zero-order valence-electron chi connectivity index (χ0n) is 7.34. The molecule has 0 heterocycles. The Morgan fingerprint density at radius 2 is 2.25 bits per heavy atom. The Balaban J connectivity index is 0. The lowest BCUT2D eigenvalue weighted by Crippen LogP contribution is -2.31. The van der Waals surface area contributed by atoms with Crippen LogP contribution < -0.4 is 11.1 Å². The van der Waals surface area contributed by atoms with Crippen molar-refractivity contribution in [2.24, 2.45) is 10.7 Å². The molecule has 0 saturated heterocycles. The van der Waals surface area contributed by atoms with E-state index in [4.69, 9.17) is 5.73 Å². The summed E-state index contributed by atoms with van der Waals surface area (Å²) in [6.07, 6.45) is 1.73. The predicted molar refractivity (Wildman–Crippen MR) is 64.9 cm³/mol. The zero-order chi connectivity index (χ0) is 8.69. The fraction of sp³-hybridized carbons (Fsp3) is 0.375. The van der Waals surface area contributed by atoms with Crippen molar-refractivity contribution in [1.82, 2.24) is 5.32 Å². The normalized spacial score (nSPS) is 9.92. The van der Waals surface area contributed by atoms with Crippen LogP contribution in [0.2, 0.25) is 0 Å². The van der Waals surface area contributed by atoms with Crippen molar-refractivity contribution >= 4 is 29.9 Å². The van der Waals surface area contributed by atoms with Gasteiger partial charge in [-0.2, -0.15) is 0 Å². The summed E-state index contributed by atoms with van der Waals surface area (Å²) in [5.74, 6) is 0.438. The molecule has 0 spiro atoms. The Morgan fingerprint density at radius 3 is 2.67 bits per heavy atom. The number of guanidine groups is 1. The third-order valence-corrected chi connectivity index (χ3v) is 0.947. The lowest BCUT2D eigenvalue weighted by atomic mass is 10.4. The molecule has 3 nitrogen and oxygen atoms in total. The number of rotatable bonds is 4. The van der Waals surface area contributed by atoms with Crippen LogP contribution in [-0.4, -0.2) is 19.0 Å². The molecule has 0 atom stereocenters. The van der Waals surface area contributed by atoms with Gasteiger partial charge in [0.25, 0.3) is 0 Å². The predicted octanol–water partition coefficient (Wildman–Crippen LogP) is 1.27. The first-order chi connectivity index (χ1) is 5.16. The molecule has 0 fully saturated rings. The second kappa shape index (κ2) is 8.58. The number of nitrogens with zero attached hydrogens (tertiary/aromatic N) is 1. The highest BCUT2D eigenvalue weighted by molar-refractivity contribution is 14.0. The molecule has 4 heteroatoms. The van der Waals surface area contributed by atoms with Gasteiger partial charge in [0, 0.05) is 6.54 Å². The van der Waals surface area contributed by atoms with E-state index in [9.17, 15) is 0 Å². The van der Waals surface area contributed by atoms with Crippen LogP contribution in [0.1, 0.15) is 6.92 Å². The molecule has 0 radical (unpaired) electrons. The Labute approximate surface area is 90.8 Å². The van der Waals surface area contributed by atoms with E-state index in [1.54, 1.807) is 6.08 Å². The zero-order valence-corrected chi connectivity index (χ0v) is 9.67. The second-order valence-corrected chi connectivity index (χ2v) is 2.33. The summed E-state index contributed by atoms with van der Waals surface area (Å²) in [6.45, 7) is 10.4. The van der Waals surface area contributed by atoms with Crippen molar-refractivity contribution in [3.8, 4) is 0 Å². The van der Waals surface area contributed by atoms with Crippen LogP contribution in [0.25, 0.3) is 0 Å². The smallest absolute Gasteiger partial charge is 0.189 e. The molecule has 0 unspecified atom stereocenters. The van der Waals surface area contributed by atoms with Crippen LogP contribution in [0.5, 0.6) is 0 Å². The molecule has 70 valence electrons. The highest BCUT2D eigenvalue weighted by Gasteiger charge is 1.86. The standard InChI is InChI=1S/C8H15N3.HI/c1-4-5-10-8(9)11-6-7(2)3;/h4H,1-2,5-6H2,3H3,(H3,9,10,11);1H.